The van der Waals surface area contributed by atoms with Gasteiger partial charge in [-0.15, -0.1) is 0 Å². The van der Waals surface area contributed by atoms with E-state index >= 15 is 0 Å². The van der Waals surface area contributed by atoms with E-state index in [-0.39, 0.29) is 23.0 Å². The summed E-state index contributed by atoms with van der Waals surface area (Å²) in [4.78, 5) is 25.6. The number of aryl methyl sites for hydroxylation is 1. The Morgan fingerprint density at radius 2 is 1.88 bits per heavy atom. The third kappa shape index (κ3) is 5.95. The maximum absolute atomic E-state index is 11.8. The summed E-state index contributed by atoms with van der Waals surface area (Å²) in [5.41, 5.74) is 5.99. The van der Waals surface area contributed by atoms with Crippen LogP contribution in [0, 0.1) is 12.3 Å². The van der Waals surface area contributed by atoms with Gasteiger partial charge in [0.1, 0.15) is 12.4 Å². The highest BCUT2D eigenvalue weighted by Crippen LogP contribution is 2.41. The van der Waals surface area contributed by atoms with Crippen molar-refractivity contribution in [1.29, 1.82) is 0 Å². The molecule has 5 aromatic rings. The van der Waals surface area contributed by atoms with Gasteiger partial charge >= 0.3 is 12.0 Å². The van der Waals surface area contributed by atoms with Gasteiger partial charge in [-0.1, -0.05) is 55.2 Å². The average molecular weight is 618 g/mol. The molecular formula is C33H30Cl2N4O4. The van der Waals surface area contributed by atoms with Gasteiger partial charge in [0, 0.05) is 33.6 Å². The molecular weight excluding hydrogens is 587 g/mol. The van der Waals surface area contributed by atoms with E-state index in [2.05, 4.69) is 34.4 Å². The number of carbonyl (C=O) groups is 1. The Balaban J connectivity index is 1.32. The molecule has 2 aromatic heterocycles. The number of aromatic nitrogens is 4. The van der Waals surface area contributed by atoms with Crippen LogP contribution in [-0.4, -0.2) is 43.8 Å². The molecule has 0 bridgehead atoms. The number of hydrogen-bond donors (Lipinski definition) is 1. The van der Waals surface area contributed by atoms with Crippen LogP contribution in [0.5, 0.6) is 6.01 Å². The van der Waals surface area contributed by atoms with Gasteiger partial charge in [0.25, 0.3) is 0 Å². The molecule has 1 fully saturated rings. The van der Waals surface area contributed by atoms with Gasteiger partial charge in [-0.05, 0) is 66.1 Å². The molecule has 6 rings (SSSR count). The number of nitrogens with zero attached hydrogens (tertiary/aromatic N) is 4. The monoisotopic (exact) mass is 616 g/mol. The van der Waals surface area contributed by atoms with Crippen molar-refractivity contribution in [2.24, 2.45) is 5.41 Å². The van der Waals surface area contributed by atoms with E-state index in [4.69, 9.17) is 37.7 Å². The highest BCUT2D eigenvalue weighted by Gasteiger charge is 2.39. The van der Waals surface area contributed by atoms with Crippen molar-refractivity contribution in [3.63, 3.8) is 0 Å². The molecule has 1 saturated heterocycles. The minimum Gasteiger partial charge on any atom is -0.478 e. The third-order valence-corrected chi connectivity index (χ3v) is 8.51. The molecule has 1 N–H and O–H groups in total. The molecule has 10 heteroatoms. The van der Waals surface area contributed by atoms with Crippen molar-refractivity contribution in [2.75, 3.05) is 13.2 Å². The minimum atomic E-state index is -0.976. The molecule has 0 amide bonds. The van der Waals surface area contributed by atoms with Crippen molar-refractivity contribution >= 4 is 40.2 Å². The standard InChI is InChI=1S/C33H30Cl2N4O4/c1-19-12-22(25(35)15-24(19)26-10-11-36-32(38-26)43-16-20-4-7-23(34)8-5-20)14-30-37-27-9-6-21(31(40)41)13-28(27)39(30)29-17-42-18-33(29,2)3/h4-13,15,29H,14,16-18H2,1-3H3,(H,40,41)/t29-/m1/s1. The van der Waals surface area contributed by atoms with E-state index in [1.165, 1.54) is 0 Å². The van der Waals surface area contributed by atoms with Crippen LogP contribution < -0.4 is 4.74 Å². The number of carboxylic acids is 1. The Morgan fingerprint density at radius 1 is 1.09 bits per heavy atom. The number of imidazole rings is 1. The normalized spacial score (nSPS) is 16.1. The molecule has 0 aliphatic carbocycles. The van der Waals surface area contributed by atoms with E-state index in [9.17, 15) is 9.90 Å². The maximum atomic E-state index is 11.8. The fourth-order valence-electron chi connectivity index (χ4n) is 5.54. The summed E-state index contributed by atoms with van der Waals surface area (Å²) >= 11 is 12.9. The summed E-state index contributed by atoms with van der Waals surface area (Å²) in [7, 11) is 0. The minimum absolute atomic E-state index is 0.0111. The van der Waals surface area contributed by atoms with Crippen molar-refractivity contribution in [3.05, 3.63) is 105 Å². The quantitative estimate of drug-likeness (QED) is 0.192. The summed E-state index contributed by atoms with van der Waals surface area (Å²) < 4.78 is 13.9. The van der Waals surface area contributed by atoms with Crippen LogP contribution in [0.4, 0.5) is 0 Å². The SMILES string of the molecule is Cc1cc(Cc2nc3ccc(C(=O)O)cc3n2[C@@H]2COCC2(C)C)c(Cl)cc1-c1ccnc(OCc2ccc(Cl)cc2)n1. The number of ether oxygens (including phenoxy) is 2. The zero-order chi connectivity index (χ0) is 30.3. The highest BCUT2D eigenvalue weighted by atomic mass is 35.5. The lowest BCUT2D eigenvalue weighted by atomic mass is 9.87. The van der Waals surface area contributed by atoms with Gasteiger partial charge in [0.15, 0.2) is 0 Å². The topological polar surface area (TPSA) is 99.4 Å². The molecule has 43 heavy (non-hydrogen) atoms. The molecule has 0 radical (unpaired) electrons. The van der Waals surface area contributed by atoms with Gasteiger partial charge in [0.05, 0.1) is 41.5 Å². The van der Waals surface area contributed by atoms with Crippen LogP contribution in [0.1, 0.15) is 52.8 Å². The second kappa shape index (κ2) is 11.6. The number of rotatable bonds is 8. The molecule has 1 atom stereocenters. The number of hydrogen-bond acceptors (Lipinski definition) is 6. The predicted octanol–water partition coefficient (Wildman–Crippen LogP) is 7.57. The van der Waals surface area contributed by atoms with Crippen LogP contribution in [0.2, 0.25) is 10.0 Å². The number of halogens is 2. The van der Waals surface area contributed by atoms with Crippen molar-refractivity contribution in [3.8, 4) is 17.3 Å². The Hall–Kier alpha value is -3.98. The smallest absolute Gasteiger partial charge is 0.335 e. The summed E-state index contributed by atoms with van der Waals surface area (Å²) in [6, 6.07) is 18.5. The average Bonchev–Trinajstić information content (AvgIpc) is 3.51. The lowest BCUT2D eigenvalue weighted by Crippen LogP contribution is -2.27. The largest absolute Gasteiger partial charge is 0.478 e. The van der Waals surface area contributed by atoms with E-state index in [1.807, 2.05) is 43.3 Å². The summed E-state index contributed by atoms with van der Waals surface area (Å²) in [6.45, 7) is 7.77. The molecule has 1 aliphatic heterocycles. The lowest BCUT2D eigenvalue weighted by Gasteiger charge is -2.28. The Morgan fingerprint density at radius 3 is 2.60 bits per heavy atom. The third-order valence-electron chi connectivity index (χ3n) is 7.91. The van der Waals surface area contributed by atoms with Gasteiger partial charge in [0.2, 0.25) is 0 Å². The molecule has 8 nitrogen and oxygen atoms in total. The zero-order valence-corrected chi connectivity index (χ0v) is 25.5. The fraction of sp³-hybridized carbons (Fsp3) is 0.273. The van der Waals surface area contributed by atoms with Gasteiger partial charge in [-0.2, -0.15) is 4.98 Å². The summed E-state index contributed by atoms with van der Waals surface area (Å²) in [6.07, 6.45) is 2.13. The van der Waals surface area contributed by atoms with Gasteiger partial charge in [-0.3, -0.25) is 0 Å². The second-order valence-corrected chi connectivity index (χ2v) is 12.3. The first-order chi connectivity index (χ1) is 20.6. The van der Waals surface area contributed by atoms with Crippen LogP contribution in [-0.2, 0) is 17.8 Å². The fourth-order valence-corrected chi connectivity index (χ4v) is 5.90. The van der Waals surface area contributed by atoms with E-state index < -0.39 is 5.97 Å². The molecule has 0 saturated carbocycles. The lowest BCUT2D eigenvalue weighted by molar-refractivity contribution is 0.0697. The first kappa shape index (κ1) is 29.1. The van der Waals surface area contributed by atoms with E-state index in [0.717, 1.165) is 39.1 Å². The summed E-state index contributed by atoms with van der Waals surface area (Å²) in [5.74, 6) is -0.175. The molecule has 1 aliphatic rings. The number of carboxylic acid groups (broad SMARTS) is 1. The number of aromatic carboxylic acids is 1. The Labute approximate surface area is 259 Å². The van der Waals surface area contributed by atoms with Crippen LogP contribution in [0.25, 0.3) is 22.3 Å². The molecule has 0 unspecified atom stereocenters. The maximum Gasteiger partial charge on any atom is 0.335 e. The van der Waals surface area contributed by atoms with Crippen molar-refractivity contribution in [1.82, 2.24) is 19.5 Å². The second-order valence-electron chi connectivity index (χ2n) is 11.5. The van der Waals surface area contributed by atoms with Gasteiger partial charge < -0.3 is 19.1 Å². The van der Waals surface area contributed by atoms with Gasteiger partial charge in [-0.25, -0.2) is 14.8 Å². The zero-order valence-electron chi connectivity index (χ0n) is 24.0. The Bertz CT molecular complexity index is 1840. The van der Waals surface area contributed by atoms with Crippen molar-refractivity contribution < 1.29 is 19.4 Å². The van der Waals surface area contributed by atoms with Crippen LogP contribution in [0.15, 0.2) is 66.9 Å². The van der Waals surface area contributed by atoms with Crippen molar-refractivity contribution in [2.45, 2.75) is 39.8 Å². The highest BCUT2D eigenvalue weighted by molar-refractivity contribution is 6.31. The van der Waals surface area contributed by atoms with Crippen LogP contribution >= 0.6 is 23.2 Å². The van der Waals surface area contributed by atoms with Crippen LogP contribution in [0.3, 0.4) is 0 Å². The summed E-state index contributed by atoms with van der Waals surface area (Å²) in [5, 5.41) is 10.9. The molecule has 3 aromatic carbocycles. The molecule has 0 spiro atoms. The first-order valence-electron chi connectivity index (χ1n) is 13.9. The Kier molecular flexibility index (Phi) is 7.85. The van der Waals surface area contributed by atoms with E-state index in [0.29, 0.717) is 42.0 Å². The van der Waals surface area contributed by atoms with E-state index in [1.54, 1.807) is 24.4 Å². The number of benzene rings is 3. The molecule has 220 valence electrons. The number of fused-ring (bicyclic) bond motifs is 1. The predicted molar refractivity (Wildman–Crippen MR) is 166 cm³/mol. The molecule has 3 heterocycles. The first-order valence-corrected chi connectivity index (χ1v) is 14.7.